The van der Waals surface area contributed by atoms with Gasteiger partial charge in [0.05, 0.1) is 17.4 Å². The quantitative estimate of drug-likeness (QED) is 0.299. The number of rotatable bonds is 1. The van der Waals surface area contributed by atoms with Gasteiger partial charge in [0.25, 0.3) is 0 Å². The third kappa shape index (κ3) is 2.72. The topological polar surface area (TPSA) is 116 Å². The third-order valence-corrected chi connectivity index (χ3v) is 12.5. The molecule has 5 aliphatic carbocycles. The van der Waals surface area contributed by atoms with Crippen LogP contribution in [0.4, 0.5) is 0 Å². The number of carbonyl (C=O) groups excluding carboxylic acids is 4. The molecule has 0 aromatic heterocycles. The zero-order valence-corrected chi connectivity index (χ0v) is 24.0. The van der Waals surface area contributed by atoms with Crippen LogP contribution < -0.4 is 0 Å². The van der Waals surface area contributed by atoms with Crippen LogP contribution in [0.2, 0.25) is 0 Å². The van der Waals surface area contributed by atoms with E-state index in [1.54, 1.807) is 6.08 Å². The molecule has 40 heavy (non-hydrogen) atoms. The maximum absolute atomic E-state index is 14.5. The molecule has 2 saturated heterocycles. The van der Waals surface area contributed by atoms with Gasteiger partial charge in [-0.15, -0.1) is 0 Å². The summed E-state index contributed by atoms with van der Waals surface area (Å²) in [5.41, 5.74) is -1.46. The van der Waals surface area contributed by atoms with Crippen LogP contribution in [0.5, 0.6) is 0 Å². The number of esters is 3. The summed E-state index contributed by atoms with van der Waals surface area (Å²) >= 11 is 0. The fourth-order valence-corrected chi connectivity index (χ4v) is 10.8. The van der Waals surface area contributed by atoms with E-state index in [0.29, 0.717) is 24.8 Å². The van der Waals surface area contributed by atoms with E-state index in [1.807, 2.05) is 34.6 Å². The molecule has 7 rings (SSSR count). The van der Waals surface area contributed by atoms with Gasteiger partial charge in [-0.1, -0.05) is 37.1 Å². The average Bonchev–Trinajstić information content (AvgIpc) is 3.53. The van der Waals surface area contributed by atoms with Crippen molar-refractivity contribution in [1.29, 1.82) is 0 Å². The molecule has 0 amide bonds. The molecule has 1 N–H and O–H groups in total. The van der Waals surface area contributed by atoms with Gasteiger partial charge in [-0.25, -0.2) is 0 Å². The number of ether oxygens (including phenoxy) is 3. The van der Waals surface area contributed by atoms with Crippen molar-refractivity contribution in [3.63, 3.8) is 0 Å². The fraction of sp³-hybridized carbons (Fsp3) is 0.688. The summed E-state index contributed by atoms with van der Waals surface area (Å²) in [6, 6.07) is 0. The van der Waals surface area contributed by atoms with Crippen LogP contribution in [-0.4, -0.2) is 52.7 Å². The van der Waals surface area contributed by atoms with Crippen molar-refractivity contribution in [2.24, 2.45) is 45.8 Å². The third-order valence-electron chi connectivity index (χ3n) is 12.5. The lowest BCUT2D eigenvalue weighted by atomic mass is 9.54. The Kier molecular flexibility index (Phi) is 5.07. The highest BCUT2D eigenvalue weighted by Crippen LogP contribution is 2.80. The highest BCUT2D eigenvalue weighted by molar-refractivity contribution is 6.09. The van der Waals surface area contributed by atoms with Gasteiger partial charge in [-0.05, 0) is 52.5 Å². The number of hydrogen-bond donors (Lipinski definition) is 1. The van der Waals surface area contributed by atoms with E-state index in [2.05, 4.69) is 12.2 Å². The molecule has 0 aromatic rings. The first-order valence-electron chi connectivity index (χ1n) is 14.6. The Bertz CT molecular complexity index is 1370. The van der Waals surface area contributed by atoms with Gasteiger partial charge in [0.15, 0.2) is 5.78 Å². The molecule has 4 fully saturated rings. The van der Waals surface area contributed by atoms with Crippen LogP contribution in [0.15, 0.2) is 34.9 Å². The normalized spacial score (nSPS) is 52.0. The summed E-state index contributed by atoms with van der Waals surface area (Å²) < 4.78 is 18.7. The Morgan fingerprint density at radius 1 is 1.10 bits per heavy atom. The summed E-state index contributed by atoms with van der Waals surface area (Å²) in [6.45, 7) is 11.1. The molecule has 2 aliphatic heterocycles. The Balaban J connectivity index is 1.44. The van der Waals surface area contributed by atoms with E-state index in [4.69, 9.17) is 14.2 Å². The van der Waals surface area contributed by atoms with E-state index < -0.39 is 58.0 Å². The Morgan fingerprint density at radius 3 is 2.52 bits per heavy atom. The van der Waals surface area contributed by atoms with E-state index in [-0.39, 0.29) is 41.9 Å². The number of allylic oxidation sites excluding steroid dienone is 2. The van der Waals surface area contributed by atoms with Gasteiger partial charge >= 0.3 is 17.9 Å². The van der Waals surface area contributed by atoms with E-state index >= 15 is 0 Å². The molecule has 2 heterocycles. The highest BCUT2D eigenvalue weighted by atomic mass is 16.6. The first-order valence-corrected chi connectivity index (χ1v) is 14.6. The lowest BCUT2D eigenvalue weighted by molar-refractivity contribution is -0.176. The minimum Gasteiger partial charge on any atom is -0.461 e. The van der Waals surface area contributed by atoms with Gasteiger partial charge in [-0.2, -0.15) is 0 Å². The van der Waals surface area contributed by atoms with Gasteiger partial charge in [0.1, 0.15) is 17.8 Å². The Labute approximate surface area is 234 Å². The minimum absolute atomic E-state index is 0.0789. The summed E-state index contributed by atoms with van der Waals surface area (Å²) in [6.07, 6.45) is 5.50. The number of aliphatic hydroxyl groups is 1. The van der Waals surface area contributed by atoms with Crippen molar-refractivity contribution < 1.29 is 38.5 Å². The summed E-state index contributed by atoms with van der Waals surface area (Å²) in [5.74, 6) is -2.82. The van der Waals surface area contributed by atoms with Gasteiger partial charge in [0, 0.05) is 47.0 Å². The molecule has 0 aromatic carbocycles. The number of ketones is 1. The largest absolute Gasteiger partial charge is 0.461 e. The summed E-state index contributed by atoms with van der Waals surface area (Å²) in [7, 11) is 0. The van der Waals surface area contributed by atoms with Crippen molar-refractivity contribution in [1.82, 2.24) is 0 Å². The lowest BCUT2D eigenvalue weighted by Gasteiger charge is -2.47. The molecular formula is C32H38O8. The van der Waals surface area contributed by atoms with Crippen LogP contribution in [-0.2, 0) is 33.4 Å². The first-order chi connectivity index (χ1) is 18.7. The van der Waals surface area contributed by atoms with Gasteiger partial charge in [-0.3, -0.25) is 19.2 Å². The zero-order chi connectivity index (χ0) is 28.7. The number of aliphatic hydroxyl groups excluding tert-OH is 1. The van der Waals surface area contributed by atoms with Crippen LogP contribution in [0.25, 0.3) is 0 Å². The van der Waals surface area contributed by atoms with Crippen LogP contribution in [0, 0.1) is 45.8 Å². The first kappa shape index (κ1) is 26.2. The monoisotopic (exact) mass is 550 g/mol. The number of hydrogen-bond acceptors (Lipinski definition) is 8. The van der Waals surface area contributed by atoms with Crippen molar-refractivity contribution >= 4 is 23.7 Å². The fourth-order valence-electron chi connectivity index (χ4n) is 10.8. The van der Waals surface area contributed by atoms with Crippen LogP contribution in [0.1, 0.15) is 67.2 Å². The predicted octanol–water partition coefficient (Wildman–Crippen LogP) is 3.62. The van der Waals surface area contributed by atoms with E-state index in [1.165, 1.54) is 6.92 Å². The molecule has 2 bridgehead atoms. The zero-order valence-electron chi connectivity index (χ0n) is 24.0. The molecule has 1 spiro atoms. The van der Waals surface area contributed by atoms with Crippen LogP contribution in [0.3, 0.4) is 0 Å². The molecule has 7 aliphatic rings. The molecule has 8 heteroatoms. The summed E-state index contributed by atoms with van der Waals surface area (Å²) in [4.78, 5) is 53.0. The van der Waals surface area contributed by atoms with Crippen molar-refractivity contribution in [3.8, 4) is 0 Å². The van der Waals surface area contributed by atoms with Crippen LogP contribution >= 0.6 is 0 Å². The maximum Gasteiger partial charge on any atom is 0.313 e. The Hall–Kier alpha value is -2.74. The standard InChI is InChI=1S/C32H38O8/c1-14-12-20(35)23-25(22-15(2)11-19(34)21(14)22)39-28(37)32(23)13-31-10-9-29(32,5)26(31)24-18(16(3)27(36)38-24)7-8-30(31,6)40-17(4)33/h9-11,16,18,20,22-26,35H,7-8,12-13H2,1-6H3/t16-,18-,20-,22-,23+,24-,25+,26-,29+,30-,31?,32-/m0/s1. The number of carbonyl (C=O) groups is 4. The second-order valence-corrected chi connectivity index (χ2v) is 14.1. The second kappa shape index (κ2) is 7.75. The SMILES string of the molecule is CC(=O)O[C@@]1(C)CC[C@@H]2[C@H](OC(=O)[C@H]2C)[C@@H]2C13C=C[C@@]2(C)[C@]1(C3)C(=O)O[C@@H]2[C@H]3C(C)=CC(=O)C3=C(C)C[C@H](O)[C@H]21. The highest BCUT2D eigenvalue weighted by Gasteiger charge is 2.84. The summed E-state index contributed by atoms with van der Waals surface area (Å²) in [5, 5.41) is 11.9. The second-order valence-electron chi connectivity index (χ2n) is 14.1. The minimum atomic E-state index is -1.15. The van der Waals surface area contributed by atoms with E-state index in [0.717, 1.165) is 11.1 Å². The lowest BCUT2D eigenvalue weighted by Crippen LogP contribution is -2.52. The molecule has 0 radical (unpaired) electrons. The predicted molar refractivity (Wildman–Crippen MR) is 141 cm³/mol. The smallest absolute Gasteiger partial charge is 0.313 e. The van der Waals surface area contributed by atoms with Gasteiger partial charge in [0.2, 0.25) is 0 Å². The molecule has 2 saturated carbocycles. The molecular weight excluding hydrogens is 512 g/mol. The van der Waals surface area contributed by atoms with Crippen molar-refractivity contribution in [2.45, 2.75) is 91.1 Å². The molecule has 8 nitrogen and oxygen atoms in total. The molecule has 12 atom stereocenters. The number of fused-ring (bicyclic) bond motifs is 6. The molecule has 1 unspecified atom stereocenters. The Morgan fingerprint density at radius 2 is 1.82 bits per heavy atom. The molecule has 214 valence electrons. The van der Waals surface area contributed by atoms with Gasteiger partial charge < -0.3 is 19.3 Å². The van der Waals surface area contributed by atoms with Crippen molar-refractivity contribution in [2.75, 3.05) is 0 Å². The van der Waals surface area contributed by atoms with Crippen molar-refractivity contribution in [3.05, 3.63) is 34.9 Å². The maximum atomic E-state index is 14.5. The van der Waals surface area contributed by atoms with E-state index in [9.17, 15) is 24.3 Å². The average molecular weight is 551 g/mol.